The van der Waals surface area contributed by atoms with Gasteiger partial charge in [-0.05, 0) is 17.9 Å². The van der Waals surface area contributed by atoms with Gasteiger partial charge in [0.1, 0.15) is 0 Å². The number of carbonyl (C=O) groups is 2. The first-order valence-electron chi connectivity index (χ1n) is 7.14. The van der Waals surface area contributed by atoms with E-state index in [1.807, 2.05) is 11.4 Å². The number of rotatable bonds is 6. The van der Waals surface area contributed by atoms with Crippen molar-refractivity contribution < 1.29 is 14.7 Å². The Bertz CT molecular complexity index is 456. The van der Waals surface area contributed by atoms with Gasteiger partial charge in [0.05, 0.1) is 6.42 Å². The van der Waals surface area contributed by atoms with Gasteiger partial charge in [-0.25, -0.2) is 4.79 Å². The summed E-state index contributed by atoms with van der Waals surface area (Å²) in [6, 6.07) is 4.06. The molecule has 0 aromatic carbocycles. The Morgan fingerprint density at radius 1 is 1.29 bits per heavy atom. The second kappa shape index (κ2) is 7.99. The van der Waals surface area contributed by atoms with E-state index in [1.54, 1.807) is 16.2 Å². The lowest BCUT2D eigenvalue weighted by Gasteiger charge is -2.34. The SMILES string of the molecule is O=C(O)CCN1CCN(C(=O)NCCc2cccs2)CC1. The van der Waals surface area contributed by atoms with Gasteiger partial charge in [-0.15, -0.1) is 11.3 Å². The quantitative estimate of drug-likeness (QED) is 0.825. The van der Waals surface area contributed by atoms with Gasteiger partial charge in [-0.1, -0.05) is 6.07 Å². The van der Waals surface area contributed by atoms with E-state index in [0.717, 1.165) is 19.5 Å². The lowest BCUT2D eigenvalue weighted by Crippen LogP contribution is -2.52. The highest BCUT2D eigenvalue weighted by Gasteiger charge is 2.20. The first-order chi connectivity index (χ1) is 10.1. The number of carboxylic acids is 1. The summed E-state index contributed by atoms with van der Waals surface area (Å²) in [5.41, 5.74) is 0. The molecule has 0 atom stereocenters. The maximum absolute atomic E-state index is 12.0. The summed E-state index contributed by atoms with van der Waals surface area (Å²) in [6.07, 6.45) is 1.02. The molecule has 1 aromatic rings. The van der Waals surface area contributed by atoms with E-state index >= 15 is 0 Å². The first kappa shape index (κ1) is 15.8. The largest absolute Gasteiger partial charge is 0.481 e. The van der Waals surface area contributed by atoms with Crippen LogP contribution in [0.2, 0.25) is 0 Å². The highest BCUT2D eigenvalue weighted by Crippen LogP contribution is 2.08. The van der Waals surface area contributed by atoms with Gasteiger partial charge in [0.2, 0.25) is 0 Å². The molecule has 0 radical (unpaired) electrons. The molecule has 1 aromatic heterocycles. The number of nitrogens with one attached hydrogen (secondary N) is 1. The molecule has 0 aliphatic carbocycles. The Labute approximate surface area is 128 Å². The minimum atomic E-state index is -0.774. The van der Waals surface area contributed by atoms with E-state index in [1.165, 1.54) is 4.88 Å². The number of aliphatic carboxylic acids is 1. The Morgan fingerprint density at radius 3 is 2.67 bits per heavy atom. The molecule has 0 unspecified atom stereocenters. The van der Waals surface area contributed by atoms with Crippen LogP contribution < -0.4 is 5.32 Å². The second-order valence-electron chi connectivity index (χ2n) is 5.03. The number of carbonyl (C=O) groups excluding carboxylic acids is 1. The van der Waals surface area contributed by atoms with Crippen LogP contribution in [-0.4, -0.2) is 66.2 Å². The molecular weight excluding hydrogens is 290 g/mol. The summed E-state index contributed by atoms with van der Waals surface area (Å²) in [7, 11) is 0. The van der Waals surface area contributed by atoms with Crippen molar-refractivity contribution in [3.63, 3.8) is 0 Å². The predicted octanol–water partition coefficient (Wildman–Crippen LogP) is 1.09. The molecule has 2 rings (SSSR count). The van der Waals surface area contributed by atoms with E-state index in [2.05, 4.69) is 16.3 Å². The van der Waals surface area contributed by atoms with E-state index in [-0.39, 0.29) is 12.5 Å². The number of urea groups is 1. The van der Waals surface area contributed by atoms with Crippen molar-refractivity contribution in [2.24, 2.45) is 0 Å². The molecule has 1 aliphatic rings. The van der Waals surface area contributed by atoms with Gasteiger partial charge in [-0.3, -0.25) is 9.69 Å². The zero-order valence-corrected chi connectivity index (χ0v) is 12.8. The average molecular weight is 311 g/mol. The van der Waals surface area contributed by atoms with Crippen molar-refractivity contribution in [1.29, 1.82) is 0 Å². The van der Waals surface area contributed by atoms with Crippen LogP contribution >= 0.6 is 11.3 Å². The van der Waals surface area contributed by atoms with Gasteiger partial charge >= 0.3 is 12.0 Å². The fraction of sp³-hybridized carbons (Fsp3) is 0.571. The summed E-state index contributed by atoms with van der Waals surface area (Å²) in [5, 5.41) is 13.6. The van der Waals surface area contributed by atoms with Crippen LogP contribution in [0.15, 0.2) is 17.5 Å². The topological polar surface area (TPSA) is 72.9 Å². The van der Waals surface area contributed by atoms with Gasteiger partial charge in [0, 0.05) is 44.1 Å². The van der Waals surface area contributed by atoms with Crippen molar-refractivity contribution >= 4 is 23.3 Å². The zero-order chi connectivity index (χ0) is 15.1. The minimum Gasteiger partial charge on any atom is -0.481 e. The van der Waals surface area contributed by atoms with Crippen LogP contribution in [0.1, 0.15) is 11.3 Å². The number of piperazine rings is 1. The van der Waals surface area contributed by atoms with Gasteiger partial charge < -0.3 is 15.3 Å². The smallest absolute Gasteiger partial charge is 0.317 e. The number of thiophene rings is 1. The molecule has 0 spiro atoms. The highest BCUT2D eigenvalue weighted by atomic mass is 32.1. The molecule has 116 valence electrons. The summed E-state index contributed by atoms with van der Waals surface area (Å²) >= 11 is 1.70. The first-order valence-corrected chi connectivity index (χ1v) is 8.02. The van der Waals surface area contributed by atoms with Crippen LogP contribution in [0.4, 0.5) is 4.79 Å². The molecule has 1 aliphatic heterocycles. The lowest BCUT2D eigenvalue weighted by atomic mass is 10.3. The third kappa shape index (κ3) is 5.35. The number of nitrogens with zero attached hydrogens (tertiary/aromatic N) is 2. The Morgan fingerprint density at radius 2 is 2.05 bits per heavy atom. The summed E-state index contributed by atoms with van der Waals surface area (Å²) in [6.45, 7) is 4.01. The molecule has 1 saturated heterocycles. The Hall–Kier alpha value is -1.60. The zero-order valence-electron chi connectivity index (χ0n) is 12.0. The fourth-order valence-electron chi connectivity index (χ4n) is 2.29. The molecule has 2 heterocycles. The lowest BCUT2D eigenvalue weighted by molar-refractivity contribution is -0.137. The van der Waals surface area contributed by atoms with Crippen molar-refractivity contribution in [3.8, 4) is 0 Å². The minimum absolute atomic E-state index is 0.0237. The predicted molar refractivity (Wildman–Crippen MR) is 81.7 cm³/mol. The van der Waals surface area contributed by atoms with Gasteiger partial charge in [0.25, 0.3) is 0 Å². The third-order valence-corrected chi connectivity index (χ3v) is 4.47. The summed E-state index contributed by atoms with van der Waals surface area (Å²) in [4.78, 5) is 27.7. The van der Waals surface area contributed by atoms with Crippen molar-refractivity contribution in [1.82, 2.24) is 15.1 Å². The maximum atomic E-state index is 12.0. The van der Waals surface area contributed by atoms with E-state index in [4.69, 9.17) is 5.11 Å². The second-order valence-corrected chi connectivity index (χ2v) is 6.07. The Balaban J connectivity index is 1.62. The van der Waals surface area contributed by atoms with Crippen LogP contribution in [0, 0.1) is 0 Å². The van der Waals surface area contributed by atoms with E-state index in [0.29, 0.717) is 26.2 Å². The average Bonchev–Trinajstić information content (AvgIpc) is 2.99. The maximum Gasteiger partial charge on any atom is 0.317 e. The van der Waals surface area contributed by atoms with Crippen LogP contribution in [0.3, 0.4) is 0 Å². The van der Waals surface area contributed by atoms with E-state index in [9.17, 15) is 9.59 Å². The summed E-state index contributed by atoms with van der Waals surface area (Å²) in [5.74, 6) is -0.774. The van der Waals surface area contributed by atoms with Crippen molar-refractivity contribution in [2.75, 3.05) is 39.3 Å². The molecule has 1 fully saturated rings. The highest BCUT2D eigenvalue weighted by molar-refractivity contribution is 7.09. The van der Waals surface area contributed by atoms with Crippen LogP contribution in [0.5, 0.6) is 0 Å². The normalized spacial score (nSPS) is 15.9. The number of hydrogen-bond donors (Lipinski definition) is 2. The Kier molecular flexibility index (Phi) is 6.01. The standard InChI is InChI=1S/C14H21N3O3S/c18-13(19)4-6-16-7-9-17(10-8-16)14(20)15-5-3-12-2-1-11-21-12/h1-2,11H,3-10H2,(H,15,20)(H,18,19). The molecule has 21 heavy (non-hydrogen) atoms. The van der Waals surface area contributed by atoms with Gasteiger partial charge in [0.15, 0.2) is 0 Å². The van der Waals surface area contributed by atoms with Crippen molar-refractivity contribution in [3.05, 3.63) is 22.4 Å². The molecule has 7 heteroatoms. The molecule has 0 saturated carbocycles. The number of amides is 2. The van der Waals surface area contributed by atoms with E-state index < -0.39 is 5.97 Å². The van der Waals surface area contributed by atoms with Gasteiger partial charge in [-0.2, -0.15) is 0 Å². The molecular formula is C14H21N3O3S. The fourth-order valence-corrected chi connectivity index (χ4v) is 3.00. The third-order valence-electron chi connectivity index (χ3n) is 3.53. The summed E-state index contributed by atoms with van der Waals surface area (Å²) < 4.78 is 0. The van der Waals surface area contributed by atoms with Crippen LogP contribution in [-0.2, 0) is 11.2 Å². The molecule has 0 bridgehead atoms. The van der Waals surface area contributed by atoms with Crippen molar-refractivity contribution in [2.45, 2.75) is 12.8 Å². The monoisotopic (exact) mass is 311 g/mol. The number of carboxylic acid groups (broad SMARTS) is 1. The van der Waals surface area contributed by atoms with Crippen LogP contribution in [0.25, 0.3) is 0 Å². The number of hydrogen-bond acceptors (Lipinski definition) is 4. The molecule has 2 N–H and O–H groups in total. The molecule has 6 nitrogen and oxygen atoms in total. The molecule has 2 amide bonds.